The summed E-state index contributed by atoms with van der Waals surface area (Å²) in [5.41, 5.74) is 9.24. The third kappa shape index (κ3) is 4.91. The summed E-state index contributed by atoms with van der Waals surface area (Å²) in [6.45, 7) is 0. The van der Waals surface area contributed by atoms with Crippen LogP contribution in [0.2, 0.25) is 0 Å². The lowest BCUT2D eigenvalue weighted by Gasteiger charge is -2.07. The van der Waals surface area contributed by atoms with E-state index in [1.165, 1.54) is 27.3 Å². The molecule has 0 bridgehead atoms. The van der Waals surface area contributed by atoms with Crippen molar-refractivity contribution in [2.75, 3.05) is 11.1 Å². The largest absolute Gasteiger partial charge is 0.397 e. The Labute approximate surface area is 180 Å². The highest BCUT2D eigenvalue weighted by atomic mass is 32.2. The first kappa shape index (κ1) is 19.8. The van der Waals surface area contributed by atoms with Crippen LogP contribution in [0.4, 0.5) is 11.4 Å². The fourth-order valence-electron chi connectivity index (χ4n) is 3.16. The number of carbonyl (C=O) groups is 1. The van der Waals surface area contributed by atoms with Crippen molar-refractivity contribution in [3.8, 4) is 0 Å². The predicted octanol–water partition coefficient (Wildman–Crippen LogP) is 6.37. The summed E-state index contributed by atoms with van der Waals surface area (Å²) in [5, 5.41) is 5.34. The van der Waals surface area contributed by atoms with Crippen LogP contribution in [-0.4, -0.2) is 5.91 Å². The molecule has 0 aliphatic rings. The van der Waals surface area contributed by atoms with E-state index in [4.69, 9.17) is 5.73 Å². The van der Waals surface area contributed by atoms with Gasteiger partial charge in [0, 0.05) is 16.7 Å². The highest BCUT2D eigenvalue weighted by molar-refractivity contribution is 7.98. The Kier molecular flexibility index (Phi) is 6.16. The lowest BCUT2D eigenvalue weighted by molar-refractivity contribution is -0.111. The quantitative estimate of drug-likeness (QED) is 0.221. The molecule has 0 radical (unpaired) electrons. The second kappa shape index (κ2) is 9.33. The number of thioether (sulfide) groups is 1. The van der Waals surface area contributed by atoms with Gasteiger partial charge < -0.3 is 11.1 Å². The van der Waals surface area contributed by atoms with E-state index >= 15 is 0 Å². The molecule has 3 nitrogen and oxygen atoms in total. The number of hydrogen-bond donors (Lipinski definition) is 2. The second-order valence-electron chi connectivity index (χ2n) is 6.92. The van der Waals surface area contributed by atoms with Crippen LogP contribution >= 0.6 is 11.8 Å². The number of nitrogens with two attached hydrogens (primary N) is 1. The predicted molar refractivity (Wildman–Crippen MR) is 128 cm³/mol. The molecule has 30 heavy (non-hydrogen) atoms. The minimum atomic E-state index is -0.205. The zero-order valence-electron chi connectivity index (χ0n) is 16.4. The summed E-state index contributed by atoms with van der Waals surface area (Å²) < 4.78 is 0. The summed E-state index contributed by atoms with van der Waals surface area (Å²) >= 11 is 1.84. The normalized spacial score (nSPS) is 11.1. The molecule has 148 valence electrons. The zero-order valence-corrected chi connectivity index (χ0v) is 17.2. The Bertz CT molecular complexity index is 1190. The van der Waals surface area contributed by atoms with Gasteiger partial charge in [-0.1, -0.05) is 72.8 Å². The summed E-state index contributed by atoms with van der Waals surface area (Å²) in [6.07, 6.45) is 3.32. The Morgan fingerprint density at radius 3 is 2.43 bits per heavy atom. The van der Waals surface area contributed by atoms with Gasteiger partial charge in [-0.3, -0.25) is 4.79 Å². The highest BCUT2D eigenvalue weighted by Gasteiger charge is 2.03. The first-order valence-electron chi connectivity index (χ1n) is 9.72. The van der Waals surface area contributed by atoms with E-state index in [1.807, 2.05) is 36.0 Å². The average Bonchev–Trinajstić information content (AvgIpc) is 2.78. The van der Waals surface area contributed by atoms with Crippen LogP contribution < -0.4 is 11.1 Å². The van der Waals surface area contributed by atoms with Gasteiger partial charge >= 0.3 is 0 Å². The molecule has 1 amide bonds. The number of hydrogen-bond acceptors (Lipinski definition) is 3. The lowest BCUT2D eigenvalue weighted by Crippen LogP contribution is -2.09. The molecule has 0 spiro atoms. The van der Waals surface area contributed by atoms with Crippen molar-refractivity contribution >= 4 is 45.9 Å². The van der Waals surface area contributed by atoms with Gasteiger partial charge in [-0.15, -0.1) is 11.8 Å². The van der Waals surface area contributed by atoms with E-state index in [-0.39, 0.29) is 5.91 Å². The van der Waals surface area contributed by atoms with Gasteiger partial charge in [0.25, 0.3) is 0 Å². The molecule has 0 aliphatic heterocycles. The molecule has 4 aromatic carbocycles. The smallest absolute Gasteiger partial charge is 0.248 e. The SMILES string of the molecule is Nc1ccccc1NC(=O)/C=C/c1ccc(CSc2cccc3ccccc23)cc1. The van der Waals surface area contributed by atoms with E-state index in [2.05, 4.69) is 59.9 Å². The number of anilines is 2. The first-order chi connectivity index (χ1) is 14.7. The monoisotopic (exact) mass is 410 g/mol. The van der Waals surface area contributed by atoms with Crippen molar-refractivity contribution in [2.45, 2.75) is 10.6 Å². The van der Waals surface area contributed by atoms with Crippen molar-refractivity contribution in [1.29, 1.82) is 0 Å². The molecule has 4 aromatic rings. The number of para-hydroxylation sites is 2. The number of rotatable bonds is 6. The molecular formula is C26H22N2OS. The Hall–Kier alpha value is -3.50. The van der Waals surface area contributed by atoms with Crippen LogP contribution in [0.25, 0.3) is 16.8 Å². The Morgan fingerprint density at radius 2 is 1.60 bits per heavy atom. The van der Waals surface area contributed by atoms with Gasteiger partial charge in [0.05, 0.1) is 11.4 Å². The van der Waals surface area contributed by atoms with Crippen molar-refractivity contribution in [2.24, 2.45) is 0 Å². The maximum Gasteiger partial charge on any atom is 0.248 e. The molecule has 4 heteroatoms. The average molecular weight is 411 g/mol. The fraction of sp³-hybridized carbons (Fsp3) is 0.0385. The molecule has 3 N–H and O–H groups in total. The number of amides is 1. The van der Waals surface area contributed by atoms with Crippen molar-refractivity contribution in [3.05, 3.63) is 108 Å². The molecule has 0 unspecified atom stereocenters. The van der Waals surface area contributed by atoms with E-state index in [0.29, 0.717) is 11.4 Å². The Morgan fingerprint density at radius 1 is 0.867 bits per heavy atom. The molecular weight excluding hydrogens is 388 g/mol. The van der Waals surface area contributed by atoms with Gasteiger partial charge in [-0.25, -0.2) is 0 Å². The van der Waals surface area contributed by atoms with Gasteiger partial charge in [0.2, 0.25) is 5.91 Å². The van der Waals surface area contributed by atoms with Crippen LogP contribution in [0.3, 0.4) is 0 Å². The minimum Gasteiger partial charge on any atom is -0.397 e. The van der Waals surface area contributed by atoms with Crippen LogP contribution in [0.5, 0.6) is 0 Å². The summed E-state index contributed by atoms with van der Waals surface area (Å²) in [7, 11) is 0. The van der Waals surface area contributed by atoms with Gasteiger partial charge in [0.15, 0.2) is 0 Å². The second-order valence-corrected chi connectivity index (χ2v) is 7.93. The van der Waals surface area contributed by atoms with Crippen LogP contribution in [0.15, 0.2) is 102 Å². The maximum absolute atomic E-state index is 12.1. The number of carbonyl (C=O) groups excluding carboxylic acids is 1. The van der Waals surface area contributed by atoms with Gasteiger partial charge in [0.1, 0.15) is 0 Å². The molecule has 0 heterocycles. The molecule has 4 rings (SSSR count). The minimum absolute atomic E-state index is 0.205. The lowest BCUT2D eigenvalue weighted by atomic mass is 10.1. The first-order valence-corrected chi connectivity index (χ1v) is 10.7. The van der Waals surface area contributed by atoms with Crippen molar-refractivity contribution < 1.29 is 4.79 Å². The number of fused-ring (bicyclic) bond motifs is 1. The van der Waals surface area contributed by atoms with E-state index in [9.17, 15) is 4.79 Å². The number of nitrogens with one attached hydrogen (secondary N) is 1. The van der Waals surface area contributed by atoms with Crippen molar-refractivity contribution in [1.82, 2.24) is 0 Å². The van der Waals surface area contributed by atoms with Crippen LogP contribution in [0.1, 0.15) is 11.1 Å². The van der Waals surface area contributed by atoms with Gasteiger partial charge in [-0.2, -0.15) is 0 Å². The summed E-state index contributed by atoms with van der Waals surface area (Å²) in [4.78, 5) is 13.4. The molecule has 0 aromatic heterocycles. The van der Waals surface area contributed by atoms with Crippen molar-refractivity contribution in [3.63, 3.8) is 0 Å². The molecule has 0 saturated carbocycles. The summed E-state index contributed by atoms with van der Waals surface area (Å²) in [6, 6.07) is 30.3. The topological polar surface area (TPSA) is 55.1 Å². The molecule has 0 aliphatic carbocycles. The molecule has 0 atom stereocenters. The van der Waals surface area contributed by atoms with E-state index in [0.717, 1.165) is 11.3 Å². The van der Waals surface area contributed by atoms with Crippen LogP contribution in [0, 0.1) is 0 Å². The number of benzene rings is 4. The fourth-order valence-corrected chi connectivity index (χ4v) is 4.20. The third-order valence-electron chi connectivity index (χ3n) is 4.77. The molecule has 0 fully saturated rings. The van der Waals surface area contributed by atoms with Gasteiger partial charge in [-0.05, 0) is 46.2 Å². The highest BCUT2D eigenvalue weighted by Crippen LogP contribution is 2.30. The van der Waals surface area contributed by atoms with Crippen LogP contribution in [-0.2, 0) is 10.5 Å². The third-order valence-corrected chi connectivity index (χ3v) is 5.91. The Balaban J connectivity index is 1.36. The number of nitrogen functional groups attached to an aromatic ring is 1. The standard InChI is InChI=1S/C26H22N2OS/c27-23-9-3-4-10-24(23)28-26(29)17-16-19-12-14-20(15-13-19)18-30-25-11-5-7-21-6-1-2-8-22(21)25/h1-17H,18,27H2,(H,28,29)/b17-16+. The van der Waals surface area contributed by atoms with E-state index in [1.54, 1.807) is 18.2 Å². The zero-order chi connectivity index (χ0) is 20.8. The molecule has 0 saturated heterocycles. The maximum atomic E-state index is 12.1. The van der Waals surface area contributed by atoms with E-state index < -0.39 is 0 Å². The summed E-state index contributed by atoms with van der Waals surface area (Å²) in [5.74, 6) is 0.690.